The van der Waals surface area contributed by atoms with Crippen molar-refractivity contribution in [2.45, 2.75) is 6.92 Å². The number of ether oxygens (including phenoxy) is 1. The molecule has 10 nitrogen and oxygen atoms in total. The summed E-state index contributed by atoms with van der Waals surface area (Å²) in [5, 5.41) is 6.65. The van der Waals surface area contributed by atoms with Crippen LogP contribution in [0.1, 0.15) is 16.3 Å². The minimum absolute atomic E-state index is 0.140. The predicted molar refractivity (Wildman–Crippen MR) is 108 cm³/mol. The molecule has 0 spiro atoms. The lowest BCUT2D eigenvalue weighted by molar-refractivity contribution is 0.102. The van der Waals surface area contributed by atoms with Crippen LogP contribution in [-0.2, 0) is 7.05 Å². The largest absolute Gasteiger partial charge is 0.439 e. The summed E-state index contributed by atoms with van der Waals surface area (Å²) in [5.41, 5.74) is 0.408. The monoisotopic (exact) mass is 403 g/mol. The van der Waals surface area contributed by atoms with Gasteiger partial charge in [-0.15, -0.1) is 0 Å². The number of imidazole rings is 1. The standard InChI is InChI=1S/C20H17N7O3/c1-13-21-9-10-27(13)17-11-18(23-12-22-17)30-15-5-3-14(4-6-15)24-20(29)16-7-8-19(28)26(2)25-16/h3-12H,1-2H3,(H,24,29). The average molecular weight is 403 g/mol. The number of amides is 1. The second-order valence-electron chi connectivity index (χ2n) is 6.32. The molecule has 0 radical (unpaired) electrons. The van der Waals surface area contributed by atoms with Gasteiger partial charge in [-0.1, -0.05) is 0 Å². The van der Waals surface area contributed by atoms with Crippen LogP contribution in [-0.4, -0.2) is 35.2 Å². The Labute approximate surface area is 170 Å². The van der Waals surface area contributed by atoms with Gasteiger partial charge in [-0.3, -0.25) is 14.2 Å². The lowest BCUT2D eigenvalue weighted by Gasteiger charge is -2.09. The molecule has 1 N–H and O–H groups in total. The molecule has 150 valence electrons. The zero-order valence-corrected chi connectivity index (χ0v) is 16.2. The number of hydrogen-bond donors (Lipinski definition) is 1. The first-order valence-electron chi connectivity index (χ1n) is 8.95. The molecule has 30 heavy (non-hydrogen) atoms. The Balaban J connectivity index is 1.45. The fourth-order valence-electron chi connectivity index (χ4n) is 2.68. The van der Waals surface area contributed by atoms with Gasteiger partial charge in [0, 0.05) is 37.3 Å². The molecule has 10 heteroatoms. The molecule has 0 saturated carbocycles. The van der Waals surface area contributed by atoms with E-state index in [0.717, 1.165) is 10.5 Å². The third-order valence-corrected chi connectivity index (χ3v) is 4.23. The van der Waals surface area contributed by atoms with Gasteiger partial charge in [0.25, 0.3) is 11.5 Å². The summed E-state index contributed by atoms with van der Waals surface area (Å²) in [6.45, 7) is 1.88. The van der Waals surface area contributed by atoms with Gasteiger partial charge in [-0.05, 0) is 37.3 Å². The van der Waals surface area contributed by atoms with Crippen LogP contribution in [0.5, 0.6) is 11.6 Å². The molecule has 0 bridgehead atoms. The first-order valence-corrected chi connectivity index (χ1v) is 8.95. The Kier molecular flexibility index (Phi) is 5.04. The Morgan fingerprint density at radius 2 is 1.87 bits per heavy atom. The van der Waals surface area contributed by atoms with E-state index < -0.39 is 5.91 Å². The number of rotatable bonds is 5. The zero-order chi connectivity index (χ0) is 21.1. The van der Waals surface area contributed by atoms with Crippen molar-refractivity contribution < 1.29 is 9.53 Å². The lowest BCUT2D eigenvalue weighted by Crippen LogP contribution is -2.23. The van der Waals surface area contributed by atoms with Crippen molar-refractivity contribution >= 4 is 11.6 Å². The minimum atomic E-state index is -0.421. The van der Waals surface area contributed by atoms with Crippen LogP contribution in [0.2, 0.25) is 0 Å². The van der Waals surface area contributed by atoms with Gasteiger partial charge in [0.05, 0.1) is 0 Å². The highest BCUT2D eigenvalue weighted by Gasteiger charge is 2.10. The number of aryl methyl sites for hydroxylation is 2. The van der Waals surface area contributed by atoms with Gasteiger partial charge in [-0.2, -0.15) is 5.10 Å². The van der Waals surface area contributed by atoms with Crippen LogP contribution in [0.15, 0.2) is 66.0 Å². The van der Waals surface area contributed by atoms with E-state index in [0.29, 0.717) is 23.1 Å². The van der Waals surface area contributed by atoms with Gasteiger partial charge >= 0.3 is 0 Å². The molecule has 1 amide bonds. The number of carbonyl (C=O) groups is 1. The van der Waals surface area contributed by atoms with Crippen molar-refractivity contribution in [2.24, 2.45) is 7.05 Å². The number of nitrogens with zero attached hydrogens (tertiary/aromatic N) is 6. The second kappa shape index (κ2) is 7.95. The van der Waals surface area contributed by atoms with Gasteiger partial charge in [0.1, 0.15) is 29.4 Å². The number of aromatic nitrogens is 6. The summed E-state index contributed by atoms with van der Waals surface area (Å²) in [6.07, 6.45) is 4.91. The minimum Gasteiger partial charge on any atom is -0.439 e. The van der Waals surface area contributed by atoms with Crippen LogP contribution >= 0.6 is 0 Å². The van der Waals surface area contributed by atoms with E-state index in [4.69, 9.17) is 4.74 Å². The van der Waals surface area contributed by atoms with Crippen molar-refractivity contribution in [3.63, 3.8) is 0 Å². The molecular formula is C20H17N7O3. The molecule has 0 atom stereocenters. The van der Waals surface area contributed by atoms with E-state index in [1.807, 2.05) is 11.5 Å². The highest BCUT2D eigenvalue weighted by atomic mass is 16.5. The molecule has 0 aliphatic carbocycles. The van der Waals surface area contributed by atoms with E-state index in [1.165, 1.54) is 25.5 Å². The Hall–Kier alpha value is -4.34. The van der Waals surface area contributed by atoms with E-state index in [9.17, 15) is 9.59 Å². The molecule has 4 aromatic rings. The molecule has 3 heterocycles. The average Bonchev–Trinajstić information content (AvgIpc) is 3.17. The summed E-state index contributed by atoms with van der Waals surface area (Å²) >= 11 is 0. The fraction of sp³-hybridized carbons (Fsp3) is 0.100. The molecule has 0 saturated heterocycles. The molecule has 0 aliphatic heterocycles. The van der Waals surface area contributed by atoms with Crippen LogP contribution in [0.4, 0.5) is 5.69 Å². The maximum absolute atomic E-state index is 12.3. The third-order valence-electron chi connectivity index (χ3n) is 4.23. The molecule has 1 aromatic carbocycles. The number of hydrogen-bond acceptors (Lipinski definition) is 7. The van der Waals surface area contributed by atoms with E-state index in [-0.39, 0.29) is 11.3 Å². The Morgan fingerprint density at radius 1 is 1.07 bits per heavy atom. The van der Waals surface area contributed by atoms with Crippen molar-refractivity contribution in [1.29, 1.82) is 0 Å². The van der Waals surface area contributed by atoms with Gasteiger partial charge in [0.2, 0.25) is 5.88 Å². The molecule has 0 fully saturated rings. The summed E-state index contributed by atoms with van der Waals surface area (Å²) in [6, 6.07) is 11.2. The van der Waals surface area contributed by atoms with Crippen LogP contribution < -0.4 is 15.6 Å². The highest BCUT2D eigenvalue weighted by molar-refractivity contribution is 6.02. The molecule has 0 unspecified atom stereocenters. The third kappa shape index (κ3) is 4.07. The van der Waals surface area contributed by atoms with Gasteiger partial charge < -0.3 is 10.1 Å². The van der Waals surface area contributed by atoms with E-state index >= 15 is 0 Å². The van der Waals surface area contributed by atoms with Crippen molar-refractivity contribution in [3.8, 4) is 17.4 Å². The van der Waals surface area contributed by atoms with Gasteiger partial charge in [0.15, 0.2) is 0 Å². The van der Waals surface area contributed by atoms with Crippen molar-refractivity contribution in [3.05, 3.63) is 83.1 Å². The normalized spacial score (nSPS) is 10.6. The molecule has 3 aromatic heterocycles. The van der Waals surface area contributed by atoms with E-state index in [2.05, 4.69) is 25.4 Å². The van der Waals surface area contributed by atoms with E-state index in [1.54, 1.807) is 42.7 Å². The number of carbonyl (C=O) groups excluding carboxylic acids is 1. The Morgan fingerprint density at radius 3 is 2.57 bits per heavy atom. The maximum Gasteiger partial charge on any atom is 0.276 e. The molecular weight excluding hydrogens is 386 g/mol. The first kappa shape index (κ1) is 19.0. The summed E-state index contributed by atoms with van der Waals surface area (Å²) in [5.74, 6) is 1.94. The first-order chi connectivity index (χ1) is 14.5. The van der Waals surface area contributed by atoms with Crippen LogP contribution in [0.3, 0.4) is 0 Å². The van der Waals surface area contributed by atoms with Crippen molar-refractivity contribution in [2.75, 3.05) is 5.32 Å². The molecule has 0 aliphatic rings. The topological polar surface area (TPSA) is 117 Å². The lowest BCUT2D eigenvalue weighted by atomic mass is 10.3. The SMILES string of the molecule is Cc1nccn1-c1cc(Oc2ccc(NC(=O)c3ccc(=O)n(C)n3)cc2)ncn1. The summed E-state index contributed by atoms with van der Waals surface area (Å²) < 4.78 is 8.71. The number of anilines is 1. The highest BCUT2D eigenvalue weighted by Crippen LogP contribution is 2.22. The second-order valence-corrected chi connectivity index (χ2v) is 6.32. The number of benzene rings is 1. The summed E-state index contributed by atoms with van der Waals surface area (Å²) in [4.78, 5) is 36.2. The number of nitrogens with one attached hydrogen (secondary N) is 1. The van der Waals surface area contributed by atoms with Crippen LogP contribution in [0.25, 0.3) is 5.82 Å². The Bertz CT molecular complexity index is 1260. The quantitative estimate of drug-likeness (QED) is 0.542. The van der Waals surface area contributed by atoms with Gasteiger partial charge in [-0.25, -0.2) is 19.6 Å². The van der Waals surface area contributed by atoms with Crippen LogP contribution in [0, 0.1) is 6.92 Å². The van der Waals surface area contributed by atoms with Crippen molar-refractivity contribution in [1.82, 2.24) is 29.3 Å². The molecule has 4 rings (SSSR count). The fourth-order valence-corrected chi connectivity index (χ4v) is 2.68. The summed E-state index contributed by atoms with van der Waals surface area (Å²) in [7, 11) is 1.48. The maximum atomic E-state index is 12.3. The zero-order valence-electron chi connectivity index (χ0n) is 16.2. The smallest absolute Gasteiger partial charge is 0.276 e. The predicted octanol–water partition coefficient (Wildman–Crippen LogP) is 2.11.